The molecule has 0 saturated carbocycles. The summed E-state index contributed by atoms with van der Waals surface area (Å²) < 4.78 is 5.53. The molecule has 0 amide bonds. The first-order valence-corrected chi connectivity index (χ1v) is 5.75. The molecule has 2 aromatic rings. The lowest BCUT2D eigenvalue weighted by atomic mass is 10.2. The maximum Gasteiger partial charge on any atom is 0.137 e. The monoisotopic (exact) mass is 216 g/mol. The highest BCUT2D eigenvalue weighted by Crippen LogP contribution is 2.18. The standard InChI is InChI=1S/C13H12OS/c1-3-7-12(8-4-1)11-15-14-13-9-5-2-6-10-13/h1-10H,11H2. The van der Waals surface area contributed by atoms with Gasteiger partial charge in [0.1, 0.15) is 5.75 Å². The third kappa shape index (κ3) is 3.33. The highest BCUT2D eigenvalue weighted by molar-refractivity contribution is 7.94. The maximum atomic E-state index is 5.53. The molecule has 0 N–H and O–H groups in total. The Bertz CT molecular complexity index is 346. The van der Waals surface area contributed by atoms with E-state index in [0.717, 1.165) is 11.5 Å². The minimum Gasteiger partial charge on any atom is -0.425 e. The summed E-state index contributed by atoms with van der Waals surface area (Å²) in [5, 5.41) is 0. The fourth-order valence-electron chi connectivity index (χ4n) is 1.22. The Morgan fingerprint density at radius 1 is 0.800 bits per heavy atom. The molecule has 0 unspecified atom stereocenters. The number of rotatable bonds is 4. The molecule has 15 heavy (non-hydrogen) atoms. The molecule has 0 spiro atoms. The Labute approximate surface area is 94.3 Å². The average molecular weight is 216 g/mol. The normalized spacial score (nSPS) is 9.87. The van der Waals surface area contributed by atoms with Crippen LogP contribution in [0.1, 0.15) is 5.56 Å². The van der Waals surface area contributed by atoms with Crippen molar-refractivity contribution in [2.45, 2.75) is 5.75 Å². The van der Waals surface area contributed by atoms with Crippen molar-refractivity contribution in [3.63, 3.8) is 0 Å². The van der Waals surface area contributed by atoms with Crippen LogP contribution in [0.3, 0.4) is 0 Å². The lowest BCUT2D eigenvalue weighted by molar-refractivity contribution is 0.645. The first kappa shape index (κ1) is 10.1. The molecule has 1 nitrogen and oxygen atoms in total. The molecular formula is C13H12OS. The second-order valence-corrected chi connectivity index (χ2v) is 3.84. The molecule has 0 aliphatic rings. The summed E-state index contributed by atoms with van der Waals surface area (Å²) in [6.07, 6.45) is 0. The van der Waals surface area contributed by atoms with Crippen molar-refractivity contribution in [3.8, 4) is 5.75 Å². The smallest absolute Gasteiger partial charge is 0.137 e. The first-order chi connectivity index (χ1) is 7.45. The fourth-order valence-corrected chi connectivity index (χ4v) is 1.85. The van der Waals surface area contributed by atoms with E-state index in [4.69, 9.17) is 4.18 Å². The van der Waals surface area contributed by atoms with E-state index in [0.29, 0.717) is 0 Å². The van der Waals surface area contributed by atoms with Crippen LogP contribution in [0, 0.1) is 0 Å². The van der Waals surface area contributed by atoms with E-state index < -0.39 is 0 Å². The highest BCUT2D eigenvalue weighted by atomic mass is 32.2. The van der Waals surface area contributed by atoms with Crippen molar-refractivity contribution >= 4 is 12.0 Å². The van der Waals surface area contributed by atoms with Crippen molar-refractivity contribution in [3.05, 3.63) is 66.2 Å². The van der Waals surface area contributed by atoms with Crippen LogP contribution in [0.5, 0.6) is 5.75 Å². The molecule has 0 bridgehead atoms. The van der Waals surface area contributed by atoms with Gasteiger partial charge in [0.25, 0.3) is 0 Å². The van der Waals surface area contributed by atoms with Crippen LogP contribution in [0.15, 0.2) is 60.7 Å². The van der Waals surface area contributed by atoms with E-state index in [1.807, 2.05) is 48.5 Å². The summed E-state index contributed by atoms with van der Waals surface area (Å²) in [5.74, 6) is 1.77. The van der Waals surface area contributed by atoms with Gasteiger partial charge >= 0.3 is 0 Å². The largest absolute Gasteiger partial charge is 0.425 e. The van der Waals surface area contributed by atoms with Crippen LogP contribution in [0.25, 0.3) is 0 Å². The Kier molecular flexibility index (Phi) is 3.69. The Balaban J connectivity index is 1.81. The number of hydrogen-bond acceptors (Lipinski definition) is 2. The van der Waals surface area contributed by atoms with Gasteiger partial charge in [0, 0.05) is 0 Å². The van der Waals surface area contributed by atoms with Gasteiger partial charge in [0.15, 0.2) is 0 Å². The van der Waals surface area contributed by atoms with Gasteiger partial charge in [-0.15, -0.1) is 0 Å². The summed E-state index contributed by atoms with van der Waals surface area (Å²) in [7, 11) is 0. The van der Waals surface area contributed by atoms with Gasteiger partial charge in [0.2, 0.25) is 0 Å². The molecule has 2 rings (SSSR count). The lowest BCUT2D eigenvalue weighted by Crippen LogP contribution is -1.84. The first-order valence-electron chi connectivity index (χ1n) is 4.83. The SMILES string of the molecule is c1ccc(CSOc2ccccc2)cc1. The van der Waals surface area contributed by atoms with Gasteiger partial charge in [-0.1, -0.05) is 48.5 Å². The van der Waals surface area contributed by atoms with E-state index in [2.05, 4.69) is 12.1 Å². The summed E-state index contributed by atoms with van der Waals surface area (Å²) in [5.41, 5.74) is 1.28. The Morgan fingerprint density at radius 3 is 2.07 bits per heavy atom. The predicted molar refractivity (Wildman–Crippen MR) is 64.8 cm³/mol. The topological polar surface area (TPSA) is 9.23 Å². The van der Waals surface area contributed by atoms with Crippen molar-refractivity contribution < 1.29 is 4.18 Å². The molecule has 0 saturated heterocycles. The predicted octanol–water partition coefficient (Wildman–Crippen LogP) is 3.91. The van der Waals surface area contributed by atoms with Crippen LogP contribution in [0.2, 0.25) is 0 Å². The molecule has 2 aromatic carbocycles. The quantitative estimate of drug-likeness (QED) is 0.716. The molecule has 2 heteroatoms. The van der Waals surface area contributed by atoms with Crippen LogP contribution >= 0.6 is 12.0 Å². The molecular weight excluding hydrogens is 204 g/mol. The molecule has 0 heterocycles. The second-order valence-electron chi connectivity index (χ2n) is 3.14. The molecule has 0 aliphatic carbocycles. The summed E-state index contributed by atoms with van der Waals surface area (Å²) in [4.78, 5) is 0. The van der Waals surface area contributed by atoms with Gasteiger partial charge in [-0.2, -0.15) is 0 Å². The van der Waals surface area contributed by atoms with E-state index in [9.17, 15) is 0 Å². The van der Waals surface area contributed by atoms with Crippen molar-refractivity contribution in [2.75, 3.05) is 0 Å². The molecule has 0 atom stereocenters. The van der Waals surface area contributed by atoms with Gasteiger partial charge < -0.3 is 4.18 Å². The van der Waals surface area contributed by atoms with E-state index in [-0.39, 0.29) is 0 Å². The van der Waals surface area contributed by atoms with Crippen molar-refractivity contribution in [1.29, 1.82) is 0 Å². The zero-order valence-corrected chi connectivity index (χ0v) is 9.11. The van der Waals surface area contributed by atoms with Gasteiger partial charge in [-0.25, -0.2) is 0 Å². The average Bonchev–Trinajstić information content (AvgIpc) is 2.32. The molecule has 0 aromatic heterocycles. The maximum absolute atomic E-state index is 5.53. The van der Waals surface area contributed by atoms with Gasteiger partial charge in [-0.3, -0.25) is 0 Å². The third-order valence-electron chi connectivity index (χ3n) is 1.97. The number of para-hydroxylation sites is 1. The number of benzene rings is 2. The Hall–Kier alpha value is -1.41. The fraction of sp³-hybridized carbons (Fsp3) is 0.0769. The minimum absolute atomic E-state index is 0.871. The zero-order chi connectivity index (χ0) is 10.3. The molecule has 0 aliphatic heterocycles. The zero-order valence-electron chi connectivity index (χ0n) is 8.30. The summed E-state index contributed by atoms with van der Waals surface area (Å²) >= 11 is 1.46. The summed E-state index contributed by atoms with van der Waals surface area (Å²) in [6.45, 7) is 0. The van der Waals surface area contributed by atoms with E-state index >= 15 is 0 Å². The minimum atomic E-state index is 0.871. The van der Waals surface area contributed by atoms with E-state index in [1.54, 1.807) is 0 Å². The van der Waals surface area contributed by atoms with Crippen molar-refractivity contribution in [2.24, 2.45) is 0 Å². The van der Waals surface area contributed by atoms with Crippen molar-refractivity contribution in [1.82, 2.24) is 0 Å². The van der Waals surface area contributed by atoms with Crippen LogP contribution < -0.4 is 4.18 Å². The summed E-state index contributed by atoms with van der Waals surface area (Å²) in [6, 6.07) is 20.1. The lowest BCUT2D eigenvalue weighted by Gasteiger charge is -2.03. The van der Waals surface area contributed by atoms with Crippen LogP contribution in [-0.2, 0) is 5.75 Å². The van der Waals surface area contributed by atoms with E-state index in [1.165, 1.54) is 17.6 Å². The molecule has 76 valence electrons. The van der Waals surface area contributed by atoms with Gasteiger partial charge in [0.05, 0.1) is 17.8 Å². The Morgan fingerprint density at radius 2 is 1.40 bits per heavy atom. The highest BCUT2D eigenvalue weighted by Gasteiger charge is 1.94. The second kappa shape index (κ2) is 5.47. The van der Waals surface area contributed by atoms with Crippen LogP contribution in [0.4, 0.5) is 0 Å². The van der Waals surface area contributed by atoms with Gasteiger partial charge in [-0.05, 0) is 17.7 Å². The number of hydrogen-bond donors (Lipinski definition) is 0. The molecule has 0 radical (unpaired) electrons. The third-order valence-corrected chi connectivity index (χ3v) is 2.73. The van der Waals surface area contributed by atoms with Crippen LogP contribution in [-0.4, -0.2) is 0 Å². The molecule has 0 fully saturated rings.